The summed E-state index contributed by atoms with van der Waals surface area (Å²) < 4.78 is 18.4. The van der Waals surface area contributed by atoms with Gasteiger partial charge in [0.25, 0.3) is 0 Å². The Kier molecular flexibility index (Phi) is 5.30. The third-order valence-corrected chi connectivity index (χ3v) is 6.02. The number of para-hydroxylation sites is 1. The first-order valence-corrected chi connectivity index (χ1v) is 10.7. The molecule has 0 fully saturated rings. The molecule has 4 aromatic rings. The van der Waals surface area contributed by atoms with Crippen LogP contribution in [0.1, 0.15) is 33.2 Å². The molecule has 166 valence electrons. The van der Waals surface area contributed by atoms with Crippen molar-refractivity contribution in [3.8, 4) is 0 Å². The monoisotopic (exact) mass is 443 g/mol. The van der Waals surface area contributed by atoms with Crippen molar-refractivity contribution in [1.82, 2.24) is 9.88 Å². The minimum atomic E-state index is -0.476. The van der Waals surface area contributed by atoms with E-state index >= 15 is 0 Å². The van der Waals surface area contributed by atoms with Gasteiger partial charge in [-0.2, -0.15) is 0 Å². The number of urea groups is 1. The maximum atomic E-state index is 13.7. The van der Waals surface area contributed by atoms with Crippen LogP contribution in [0.15, 0.2) is 72.8 Å². The summed E-state index contributed by atoms with van der Waals surface area (Å²) in [6.07, 6.45) is 0.687. The molecule has 33 heavy (non-hydrogen) atoms. The van der Waals surface area contributed by atoms with E-state index in [1.165, 1.54) is 19.2 Å². The zero-order valence-electron chi connectivity index (χ0n) is 18.0. The molecule has 2 N–H and O–H groups in total. The third-order valence-electron chi connectivity index (χ3n) is 6.02. The maximum Gasteiger partial charge on any atom is 0.337 e. The molecule has 1 unspecified atom stereocenters. The topological polar surface area (TPSA) is 74.4 Å². The summed E-state index contributed by atoms with van der Waals surface area (Å²) in [6, 6.07) is 20.2. The molecule has 0 saturated carbocycles. The van der Waals surface area contributed by atoms with Gasteiger partial charge in [-0.1, -0.05) is 36.4 Å². The number of fused-ring (bicyclic) bond motifs is 3. The first-order valence-electron chi connectivity index (χ1n) is 10.7. The molecule has 1 aromatic heterocycles. The molecular formula is C26H22FN3O3. The molecule has 6 nitrogen and oxygen atoms in total. The van der Waals surface area contributed by atoms with Crippen LogP contribution in [0, 0.1) is 5.82 Å². The molecular weight excluding hydrogens is 421 g/mol. The number of carbonyl (C=O) groups is 2. The highest BCUT2D eigenvalue weighted by atomic mass is 19.1. The van der Waals surface area contributed by atoms with E-state index in [-0.39, 0.29) is 11.8 Å². The quantitative estimate of drug-likeness (QED) is 0.424. The van der Waals surface area contributed by atoms with Gasteiger partial charge in [-0.25, -0.2) is 14.0 Å². The number of hydrogen-bond acceptors (Lipinski definition) is 3. The van der Waals surface area contributed by atoms with Gasteiger partial charge >= 0.3 is 12.0 Å². The van der Waals surface area contributed by atoms with E-state index in [9.17, 15) is 14.0 Å². The molecule has 0 saturated heterocycles. The molecule has 0 radical (unpaired) electrons. The first kappa shape index (κ1) is 20.8. The molecule has 7 heteroatoms. The third kappa shape index (κ3) is 3.82. The predicted octanol–water partition coefficient (Wildman–Crippen LogP) is 5.27. The number of rotatable bonds is 3. The first-order chi connectivity index (χ1) is 16.0. The van der Waals surface area contributed by atoms with Gasteiger partial charge in [0.1, 0.15) is 5.82 Å². The number of aromatic amines is 1. The number of nitrogens with zero attached hydrogens (tertiary/aromatic N) is 1. The van der Waals surface area contributed by atoms with Crippen molar-refractivity contribution in [3.05, 3.63) is 101 Å². The fraction of sp³-hybridized carbons (Fsp3) is 0.154. The number of hydrogen-bond donors (Lipinski definition) is 2. The summed E-state index contributed by atoms with van der Waals surface area (Å²) in [4.78, 5) is 30.5. The molecule has 2 heterocycles. The molecule has 5 rings (SSSR count). The summed E-state index contributed by atoms with van der Waals surface area (Å²) in [7, 11) is 1.31. The molecule has 1 atom stereocenters. The maximum absolute atomic E-state index is 13.7. The fourth-order valence-corrected chi connectivity index (χ4v) is 4.49. The van der Waals surface area contributed by atoms with Crippen LogP contribution >= 0.6 is 0 Å². The molecule has 2 amide bonds. The fourth-order valence-electron chi connectivity index (χ4n) is 4.49. The number of H-pyrrole nitrogens is 1. The van der Waals surface area contributed by atoms with E-state index in [1.54, 1.807) is 41.3 Å². The van der Waals surface area contributed by atoms with Crippen LogP contribution in [-0.2, 0) is 11.2 Å². The second kappa shape index (κ2) is 8.43. The van der Waals surface area contributed by atoms with Gasteiger partial charge in [-0.15, -0.1) is 0 Å². The summed E-state index contributed by atoms with van der Waals surface area (Å²) in [5, 5.41) is 4.03. The second-order valence-corrected chi connectivity index (χ2v) is 7.96. The van der Waals surface area contributed by atoms with Gasteiger partial charge in [0.15, 0.2) is 0 Å². The van der Waals surface area contributed by atoms with Crippen LogP contribution in [0.5, 0.6) is 0 Å². The van der Waals surface area contributed by atoms with E-state index in [0.29, 0.717) is 24.2 Å². The van der Waals surface area contributed by atoms with Gasteiger partial charge in [-0.3, -0.25) is 0 Å². The second-order valence-electron chi connectivity index (χ2n) is 7.96. The van der Waals surface area contributed by atoms with Crippen molar-refractivity contribution in [2.75, 3.05) is 19.0 Å². The minimum Gasteiger partial charge on any atom is -0.465 e. The van der Waals surface area contributed by atoms with Crippen LogP contribution < -0.4 is 5.32 Å². The number of nitrogens with one attached hydrogen (secondary N) is 2. The molecule has 0 aliphatic carbocycles. The van der Waals surface area contributed by atoms with Gasteiger partial charge < -0.3 is 19.9 Å². The predicted molar refractivity (Wildman–Crippen MR) is 124 cm³/mol. The van der Waals surface area contributed by atoms with E-state index in [0.717, 1.165) is 27.7 Å². The Morgan fingerprint density at radius 3 is 2.64 bits per heavy atom. The SMILES string of the molecule is COC(=O)c1cccc(NC(=O)N2CCc3c([nH]c4ccccc34)C2c2ccc(F)cc2)c1. The highest BCUT2D eigenvalue weighted by Gasteiger charge is 2.34. The molecule has 1 aliphatic rings. The summed E-state index contributed by atoms with van der Waals surface area (Å²) in [6.45, 7) is 0.486. The van der Waals surface area contributed by atoms with Crippen molar-refractivity contribution < 1.29 is 18.7 Å². The van der Waals surface area contributed by atoms with E-state index in [4.69, 9.17) is 4.74 Å². The smallest absolute Gasteiger partial charge is 0.337 e. The molecule has 3 aromatic carbocycles. The number of amides is 2. The Balaban J connectivity index is 1.52. The molecule has 1 aliphatic heterocycles. The van der Waals surface area contributed by atoms with Crippen molar-refractivity contribution in [3.63, 3.8) is 0 Å². The molecule has 0 bridgehead atoms. The van der Waals surface area contributed by atoms with Crippen LogP contribution in [0.2, 0.25) is 0 Å². The van der Waals surface area contributed by atoms with Crippen LogP contribution in [0.3, 0.4) is 0 Å². The Labute approximate surface area is 190 Å². The average Bonchev–Trinajstić information content (AvgIpc) is 3.22. The normalized spacial score (nSPS) is 15.2. The van der Waals surface area contributed by atoms with Gasteiger partial charge in [0.05, 0.1) is 18.7 Å². The van der Waals surface area contributed by atoms with Crippen molar-refractivity contribution in [2.45, 2.75) is 12.5 Å². The van der Waals surface area contributed by atoms with E-state index < -0.39 is 12.0 Å². The lowest BCUT2D eigenvalue weighted by Crippen LogP contribution is -2.43. The van der Waals surface area contributed by atoms with Crippen LogP contribution in [0.25, 0.3) is 10.9 Å². The Bertz CT molecular complexity index is 1350. The largest absolute Gasteiger partial charge is 0.465 e. The van der Waals surface area contributed by atoms with Gasteiger partial charge in [0.2, 0.25) is 0 Å². The van der Waals surface area contributed by atoms with Crippen LogP contribution in [0.4, 0.5) is 14.9 Å². The lowest BCUT2D eigenvalue weighted by atomic mass is 9.92. The number of esters is 1. The summed E-state index contributed by atoms with van der Waals surface area (Å²) >= 11 is 0. The summed E-state index contributed by atoms with van der Waals surface area (Å²) in [5.74, 6) is -0.807. The van der Waals surface area contributed by atoms with Gasteiger partial charge in [-0.05, 0) is 53.9 Å². The number of anilines is 1. The van der Waals surface area contributed by atoms with E-state index in [1.807, 2.05) is 18.2 Å². The zero-order valence-corrected chi connectivity index (χ0v) is 18.0. The lowest BCUT2D eigenvalue weighted by molar-refractivity contribution is 0.0600. The van der Waals surface area contributed by atoms with Crippen molar-refractivity contribution >= 4 is 28.6 Å². The van der Waals surface area contributed by atoms with Crippen molar-refractivity contribution in [1.29, 1.82) is 0 Å². The number of carbonyl (C=O) groups excluding carboxylic acids is 2. The Hall–Kier alpha value is -4.13. The van der Waals surface area contributed by atoms with Crippen molar-refractivity contribution in [2.24, 2.45) is 0 Å². The van der Waals surface area contributed by atoms with Crippen LogP contribution in [-0.4, -0.2) is 35.5 Å². The standard InChI is InChI=1S/C26H22FN3O3/c1-33-25(31)17-5-4-6-19(15-17)28-26(32)30-14-13-21-20-7-2-3-8-22(20)29-23(21)24(30)16-9-11-18(27)12-10-16/h2-12,15,24,29H,13-14H2,1H3,(H,28,32). The van der Waals surface area contributed by atoms with E-state index in [2.05, 4.69) is 16.4 Å². The summed E-state index contributed by atoms with van der Waals surface area (Å²) in [5.41, 5.74) is 4.74. The zero-order chi connectivity index (χ0) is 22.9. The van der Waals surface area contributed by atoms with Gasteiger partial charge in [0, 0.05) is 28.8 Å². The Morgan fingerprint density at radius 2 is 1.85 bits per heavy atom. The highest BCUT2D eigenvalue weighted by molar-refractivity contribution is 5.94. The number of halogens is 1. The number of aromatic nitrogens is 1. The number of methoxy groups -OCH3 is 1. The number of benzene rings is 3. The average molecular weight is 443 g/mol. The Morgan fingerprint density at radius 1 is 1.06 bits per heavy atom. The highest BCUT2D eigenvalue weighted by Crippen LogP contribution is 2.38. The minimum absolute atomic E-state index is 0.310. The number of ether oxygens (including phenoxy) is 1. The molecule has 0 spiro atoms. The lowest BCUT2D eigenvalue weighted by Gasteiger charge is -2.36.